The third-order valence-electron chi connectivity index (χ3n) is 16.1. The first-order valence-corrected chi connectivity index (χ1v) is 31.8. The summed E-state index contributed by atoms with van der Waals surface area (Å²) in [7, 11) is 0. The Hall–Kier alpha value is -1.01. The Morgan fingerprint density at radius 2 is 0.760 bits per heavy atom. The molecule has 2 aliphatic heterocycles. The Labute approximate surface area is 457 Å². The highest BCUT2D eigenvalue weighted by atomic mass is 16.7. The number of unbranched alkanes of at least 4 members (excludes halogenated alkanes) is 39. The molecule has 12 unspecified atom stereocenters. The van der Waals surface area contributed by atoms with Gasteiger partial charge in [0.1, 0.15) is 48.8 Å². The molecule has 0 aliphatic carbocycles. The minimum absolute atomic E-state index is 0.199. The lowest BCUT2D eigenvalue weighted by molar-refractivity contribution is -0.359. The summed E-state index contributed by atoms with van der Waals surface area (Å²) in [4.78, 5) is 13.3. The third-order valence-corrected chi connectivity index (χ3v) is 16.1. The average Bonchev–Trinajstić information content (AvgIpc) is 3.41. The number of hydrogen-bond donors (Lipinski definition) is 9. The molecule has 0 aromatic rings. The molecule has 2 heterocycles. The summed E-state index contributed by atoms with van der Waals surface area (Å²) in [5.41, 5.74) is 0. The number of amides is 1. The molecule has 0 bridgehead atoms. The van der Waals surface area contributed by atoms with Crippen LogP contribution in [0.15, 0.2) is 0 Å². The molecule has 0 spiro atoms. The Morgan fingerprint density at radius 1 is 0.427 bits per heavy atom. The zero-order chi connectivity index (χ0) is 54.6. The fourth-order valence-corrected chi connectivity index (χ4v) is 10.9. The fourth-order valence-electron chi connectivity index (χ4n) is 10.9. The van der Waals surface area contributed by atoms with E-state index < -0.39 is 86.8 Å². The number of aliphatic hydroxyl groups excluding tert-OH is 8. The highest BCUT2D eigenvalue weighted by molar-refractivity contribution is 5.76. The molecule has 2 saturated heterocycles. The van der Waals surface area contributed by atoms with Crippen molar-refractivity contribution in [3.8, 4) is 0 Å². The van der Waals surface area contributed by atoms with Crippen LogP contribution < -0.4 is 5.32 Å². The topological polar surface area (TPSA) is 228 Å². The predicted octanol–water partition coefficient (Wildman–Crippen LogP) is 11.3. The van der Waals surface area contributed by atoms with Crippen LogP contribution in [0.25, 0.3) is 0 Å². The highest BCUT2D eigenvalue weighted by Gasteiger charge is 2.51. The molecule has 0 aromatic heterocycles. The zero-order valence-corrected chi connectivity index (χ0v) is 48.1. The van der Waals surface area contributed by atoms with E-state index in [1.807, 2.05) is 0 Å². The first-order chi connectivity index (χ1) is 36.6. The molecule has 75 heavy (non-hydrogen) atoms. The van der Waals surface area contributed by atoms with Crippen molar-refractivity contribution in [3.05, 3.63) is 0 Å². The largest absolute Gasteiger partial charge is 0.394 e. The summed E-state index contributed by atoms with van der Waals surface area (Å²) in [6, 6.07) is -0.823. The second-order valence-corrected chi connectivity index (χ2v) is 22.9. The van der Waals surface area contributed by atoms with E-state index in [1.54, 1.807) is 0 Å². The van der Waals surface area contributed by atoms with Gasteiger partial charge >= 0.3 is 0 Å². The number of aliphatic hydroxyl groups is 8. The highest BCUT2D eigenvalue weighted by Crippen LogP contribution is 2.30. The lowest BCUT2D eigenvalue weighted by atomic mass is 9.97. The molecule has 12 atom stereocenters. The van der Waals surface area contributed by atoms with Gasteiger partial charge in [0.25, 0.3) is 0 Å². The van der Waals surface area contributed by atoms with Crippen LogP contribution in [0.2, 0.25) is 0 Å². The van der Waals surface area contributed by atoms with Crippen molar-refractivity contribution in [1.82, 2.24) is 5.32 Å². The number of rotatable bonds is 52. The van der Waals surface area contributed by atoms with Crippen molar-refractivity contribution in [2.75, 3.05) is 19.8 Å². The van der Waals surface area contributed by atoms with Crippen LogP contribution in [-0.2, 0) is 23.7 Å². The van der Waals surface area contributed by atoms with E-state index in [4.69, 9.17) is 18.9 Å². The minimum Gasteiger partial charge on any atom is -0.394 e. The summed E-state index contributed by atoms with van der Waals surface area (Å²) in [6.07, 6.45) is 36.7. The molecule has 0 saturated carbocycles. The van der Waals surface area contributed by atoms with Gasteiger partial charge in [-0.15, -0.1) is 0 Å². The van der Waals surface area contributed by atoms with Crippen LogP contribution in [-0.4, -0.2) is 140 Å². The molecule has 14 heteroatoms. The molecule has 2 fully saturated rings. The van der Waals surface area contributed by atoms with Gasteiger partial charge in [0.05, 0.1) is 32.0 Å². The smallest absolute Gasteiger partial charge is 0.220 e. The Morgan fingerprint density at radius 3 is 1.13 bits per heavy atom. The summed E-state index contributed by atoms with van der Waals surface area (Å²) >= 11 is 0. The van der Waals surface area contributed by atoms with Crippen LogP contribution in [0.4, 0.5) is 0 Å². The number of hydrogen-bond acceptors (Lipinski definition) is 13. The van der Waals surface area contributed by atoms with Gasteiger partial charge in [-0.3, -0.25) is 4.79 Å². The number of carbonyl (C=O) groups excluding carboxylic acids is 1. The van der Waals surface area contributed by atoms with Crippen molar-refractivity contribution in [1.29, 1.82) is 0 Å². The van der Waals surface area contributed by atoms with Gasteiger partial charge in [0.15, 0.2) is 12.6 Å². The maximum absolute atomic E-state index is 13.3. The van der Waals surface area contributed by atoms with Gasteiger partial charge in [-0.05, 0) is 12.8 Å². The van der Waals surface area contributed by atoms with Gasteiger partial charge in [-0.2, -0.15) is 0 Å². The second-order valence-electron chi connectivity index (χ2n) is 22.9. The van der Waals surface area contributed by atoms with E-state index in [-0.39, 0.29) is 12.5 Å². The van der Waals surface area contributed by atoms with E-state index in [2.05, 4.69) is 19.2 Å². The van der Waals surface area contributed by atoms with Crippen molar-refractivity contribution >= 4 is 5.91 Å². The molecule has 446 valence electrons. The lowest BCUT2D eigenvalue weighted by Gasteiger charge is -2.46. The predicted molar refractivity (Wildman–Crippen MR) is 300 cm³/mol. The maximum Gasteiger partial charge on any atom is 0.220 e. The molecule has 1 amide bonds. The number of nitrogens with one attached hydrogen (secondary N) is 1. The lowest BCUT2D eigenvalue weighted by Crippen LogP contribution is -2.65. The van der Waals surface area contributed by atoms with Crippen LogP contribution in [0.3, 0.4) is 0 Å². The molecule has 14 nitrogen and oxygen atoms in total. The number of carbonyl (C=O) groups is 1. The van der Waals surface area contributed by atoms with E-state index in [0.29, 0.717) is 12.8 Å². The van der Waals surface area contributed by atoms with Crippen molar-refractivity contribution in [2.24, 2.45) is 0 Å². The molecular formula is C61H119NO13. The SMILES string of the molecule is CCCCCCCCCCCCCCCCCCCCCCCC(=O)NC(COC1OC(CO)C(OC2OC(CO)C(O)C(O)C2O)C(O)C1O)C(O)CCCCCCCCCCCCCCCCCCCCCC. The molecule has 0 radical (unpaired) electrons. The summed E-state index contributed by atoms with van der Waals surface area (Å²) in [5.74, 6) is -0.199. The summed E-state index contributed by atoms with van der Waals surface area (Å²) in [5, 5.41) is 87.4. The quantitative estimate of drug-likeness (QED) is 0.0259. The first kappa shape index (κ1) is 70.1. The maximum atomic E-state index is 13.3. The molecule has 0 aromatic carbocycles. The Kier molecular flexibility index (Phi) is 44.6. The van der Waals surface area contributed by atoms with Gasteiger partial charge in [0.2, 0.25) is 5.91 Å². The van der Waals surface area contributed by atoms with Gasteiger partial charge in [-0.25, -0.2) is 0 Å². The second kappa shape index (κ2) is 47.8. The van der Waals surface area contributed by atoms with Crippen LogP contribution in [0.5, 0.6) is 0 Å². The van der Waals surface area contributed by atoms with Crippen molar-refractivity contribution in [3.63, 3.8) is 0 Å². The third kappa shape index (κ3) is 33.4. The molecule has 9 N–H and O–H groups in total. The van der Waals surface area contributed by atoms with E-state index in [0.717, 1.165) is 51.4 Å². The van der Waals surface area contributed by atoms with Crippen molar-refractivity contribution < 1.29 is 64.6 Å². The van der Waals surface area contributed by atoms with E-state index in [1.165, 1.54) is 212 Å². The molecule has 2 rings (SSSR count). The summed E-state index contributed by atoms with van der Waals surface area (Å²) in [6.45, 7) is 2.91. The van der Waals surface area contributed by atoms with Crippen LogP contribution in [0.1, 0.15) is 290 Å². The number of ether oxygens (including phenoxy) is 4. The minimum atomic E-state index is -1.78. The van der Waals surface area contributed by atoms with E-state index >= 15 is 0 Å². The van der Waals surface area contributed by atoms with E-state index in [9.17, 15) is 45.6 Å². The molecular weight excluding hydrogens is 955 g/mol. The fraction of sp³-hybridized carbons (Fsp3) is 0.984. The van der Waals surface area contributed by atoms with Crippen molar-refractivity contribution in [2.45, 2.75) is 364 Å². The van der Waals surface area contributed by atoms with Gasteiger partial charge in [-0.1, -0.05) is 271 Å². The Balaban J connectivity index is 1.72. The normalized spacial score (nSPS) is 24.9. The molecule has 2 aliphatic rings. The monoisotopic (exact) mass is 1070 g/mol. The Bertz CT molecular complexity index is 1270. The van der Waals surface area contributed by atoms with Crippen LogP contribution in [0, 0.1) is 0 Å². The first-order valence-electron chi connectivity index (χ1n) is 31.8. The summed E-state index contributed by atoms with van der Waals surface area (Å²) < 4.78 is 22.9. The standard InChI is InChI=1S/C61H119NO13/c1-3-5-7-9-11-13-15-17-19-21-23-25-27-29-31-33-35-37-39-41-43-45-53(66)62-49(50(65)44-42-40-38-36-34-32-30-28-26-24-22-20-18-16-14-12-10-8-6-4-2)48-72-60-58(71)56(69)59(52(47-64)74-60)75-61-57(70)55(68)54(67)51(46-63)73-61/h49-52,54-61,63-65,67-71H,3-48H2,1-2H3,(H,62,66). The zero-order valence-electron chi connectivity index (χ0n) is 48.1. The van der Waals surface area contributed by atoms with Crippen LogP contribution >= 0.6 is 0 Å². The average molecular weight is 1070 g/mol. The van der Waals surface area contributed by atoms with Gasteiger partial charge in [0, 0.05) is 6.42 Å². The van der Waals surface area contributed by atoms with Gasteiger partial charge < -0.3 is 65.1 Å².